The van der Waals surface area contributed by atoms with Gasteiger partial charge in [0.15, 0.2) is 5.96 Å². The molecule has 1 rings (SSSR count). The monoisotopic (exact) mass is 369 g/mol. The second-order valence-electron chi connectivity index (χ2n) is 4.22. The van der Waals surface area contributed by atoms with E-state index in [1.807, 2.05) is 0 Å². The Morgan fingerprint density at radius 3 is 2.62 bits per heavy atom. The van der Waals surface area contributed by atoms with E-state index in [2.05, 4.69) is 31.6 Å². The smallest absolute Gasteiger partial charge is 0.357 e. The Morgan fingerprint density at radius 1 is 1.29 bits per heavy atom. The van der Waals surface area contributed by atoms with E-state index in [1.54, 1.807) is 13.0 Å². The third-order valence-electron chi connectivity index (χ3n) is 2.46. The second kappa shape index (κ2) is 8.21. The standard InChI is InChI=1S/C13H16BrF4N3/c1-2-19-12(20-6-5-13(16,17)18)21-8-9-7-10(15)3-4-11(9)14/h3-4,7H,2,5-6,8H2,1H3,(H2,19,20,21). The number of alkyl halides is 3. The predicted molar refractivity (Wildman–Crippen MR) is 77.6 cm³/mol. The van der Waals surface area contributed by atoms with E-state index in [-0.39, 0.29) is 19.0 Å². The molecule has 21 heavy (non-hydrogen) atoms. The van der Waals surface area contributed by atoms with Crippen LogP contribution in [0.1, 0.15) is 18.9 Å². The summed E-state index contributed by atoms with van der Waals surface area (Å²) in [6.45, 7) is 2.21. The molecule has 0 amide bonds. The first-order chi connectivity index (χ1) is 9.81. The maximum Gasteiger partial charge on any atom is 0.390 e. The van der Waals surface area contributed by atoms with Crippen LogP contribution in [-0.4, -0.2) is 25.2 Å². The third kappa shape index (κ3) is 7.31. The van der Waals surface area contributed by atoms with Crippen molar-refractivity contribution in [2.24, 2.45) is 4.99 Å². The van der Waals surface area contributed by atoms with Gasteiger partial charge < -0.3 is 10.6 Å². The minimum absolute atomic E-state index is 0.152. The molecule has 0 fully saturated rings. The number of nitrogens with one attached hydrogen (secondary N) is 2. The van der Waals surface area contributed by atoms with E-state index >= 15 is 0 Å². The van der Waals surface area contributed by atoms with Crippen molar-refractivity contribution in [2.75, 3.05) is 13.1 Å². The molecule has 0 radical (unpaired) electrons. The fourth-order valence-corrected chi connectivity index (χ4v) is 1.87. The molecule has 0 aliphatic carbocycles. The number of rotatable bonds is 5. The SMILES string of the molecule is CCNC(=NCc1cc(F)ccc1Br)NCCC(F)(F)F. The van der Waals surface area contributed by atoms with Gasteiger partial charge in [-0.2, -0.15) is 13.2 Å². The van der Waals surface area contributed by atoms with Crippen molar-refractivity contribution in [3.05, 3.63) is 34.1 Å². The molecular formula is C13H16BrF4N3. The first kappa shape index (κ1) is 17.7. The zero-order valence-electron chi connectivity index (χ0n) is 11.4. The molecule has 0 saturated carbocycles. The first-order valence-electron chi connectivity index (χ1n) is 6.34. The molecule has 0 heterocycles. The summed E-state index contributed by atoms with van der Waals surface area (Å²) < 4.78 is 50.1. The molecule has 1 aromatic rings. The summed E-state index contributed by atoms with van der Waals surface area (Å²) in [5.41, 5.74) is 0.614. The van der Waals surface area contributed by atoms with Crippen molar-refractivity contribution in [2.45, 2.75) is 26.1 Å². The van der Waals surface area contributed by atoms with Crippen LogP contribution in [0.4, 0.5) is 17.6 Å². The number of nitrogens with zero attached hydrogens (tertiary/aromatic N) is 1. The highest BCUT2D eigenvalue weighted by Crippen LogP contribution is 2.19. The van der Waals surface area contributed by atoms with Crippen LogP contribution in [-0.2, 0) is 6.54 Å². The minimum atomic E-state index is -4.21. The average Bonchev–Trinajstić information content (AvgIpc) is 2.38. The zero-order valence-corrected chi connectivity index (χ0v) is 13.0. The number of hydrogen-bond acceptors (Lipinski definition) is 1. The molecule has 0 spiro atoms. The van der Waals surface area contributed by atoms with E-state index in [9.17, 15) is 17.6 Å². The third-order valence-corrected chi connectivity index (χ3v) is 3.23. The van der Waals surface area contributed by atoms with Crippen molar-refractivity contribution < 1.29 is 17.6 Å². The summed E-state index contributed by atoms with van der Waals surface area (Å²) in [4.78, 5) is 4.14. The van der Waals surface area contributed by atoms with Crippen LogP contribution in [0.2, 0.25) is 0 Å². The van der Waals surface area contributed by atoms with Gasteiger partial charge in [-0.1, -0.05) is 15.9 Å². The number of benzene rings is 1. The van der Waals surface area contributed by atoms with Crippen molar-refractivity contribution in [1.29, 1.82) is 0 Å². The van der Waals surface area contributed by atoms with Gasteiger partial charge in [0.05, 0.1) is 13.0 Å². The highest BCUT2D eigenvalue weighted by molar-refractivity contribution is 9.10. The molecule has 0 aromatic heterocycles. The highest BCUT2D eigenvalue weighted by Gasteiger charge is 2.26. The molecule has 0 atom stereocenters. The van der Waals surface area contributed by atoms with Gasteiger partial charge in [0.2, 0.25) is 0 Å². The fourth-order valence-electron chi connectivity index (χ4n) is 1.49. The Morgan fingerprint density at radius 2 is 2.00 bits per heavy atom. The van der Waals surface area contributed by atoms with Gasteiger partial charge in [0.25, 0.3) is 0 Å². The summed E-state index contributed by atoms with van der Waals surface area (Å²) in [5.74, 6) is -0.128. The summed E-state index contributed by atoms with van der Waals surface area (Å²) in [5, 5.41) is 5.43. The largest absolute Gasteiger partial charge is 0.390 e. The molecule has 0 aliphatic heterocycles. The predicted octanol–water partition coefficient (Wildman–Crippen LogP) is 3.60. The number of hydrogen-bond donors (Lipinski definition) is 2. The van der Waals surface area contributed by atoms with Gasteiger partial charge in [-0.15, -0.1) is 0 Å². The molecule has 0 bridgehead atoms. The van der Waals surface area contributed by atoms with Crippen LogP contribution in [0.3, 0.4) is 0 Å². The second-order valence-corrected chi connectivity index (χ2v) is 5.08. The van der Waals surface area contributed by atoms with Gasteiger partial charge >= 0.3 is 6.18 Å². The fraction of sp³-hybridized carbons (Fsp3) is 0.462. The maximum atomic E-state index is 13.1. The molecule has 0 unspecified atom stereocenters. The average molecular weight is 370 g/mol. The van der Waals surface area contributed by atoms with Crippen LogP contribution < -0.4 is 10.6 Å². The lowest BCUT2D eigenvalue weighted by molar-refractivity contribution is -0.132. The lowest BCUT2D eigenvalue weighted by atomic mass is 10.2. The minimum Gasteiger partial charge on any atom is -0.357 e. The zero-order chi connectivity index (χ0) is 15.9. The van der Waals surface area contributed by atoms with Crippen molar-refractivity contribution >= 4 is 21.9 Å². The summed E-state index contributed by atoms with van der Waals surface area (Å²) in [7, 11) is 0. The highest BCUT2D eigenvalue weighted by atomic mass is 79.9. The quantitative estimate of drug-likeness (QED) is 0.472. The van der Waals surface area contributed by atoms with E-state index in [0.29, 0.717) is 16.6 Å². The molecule has 0 saturated heterocycles. The summed E-state index contributed by atoms with van der Waals surface area (Å²) >= 11 is 3.27. The molecule has 8 heteroatoms. The first-order valence-corrected chi connectivity index (χ1v) is 7.14. The van der Waals surface area contributed by atoms with Crippen molar-refractivity contribution in [1.82, 2.24) is 10.6 Å². The number of aliphatic imine (C=N–C) groups is 1. The molecule has 0 aliphatic rings. The Hall–Kier alpha value is -1.31. The van der Waals surface area contributed by atoms with E-state index < -0.39 is 18.4 Å². The molecular weight excluding hydrogens is 354 g/mol. The van der Waals surface area contributed by atoms with E-state index in [0.717, 1.165) is 0 Å². The van der Waals surface area contributed by atoms with Gasteiger partial charge in [-0.05, 0) is 30.7 Å². The Bertz CT molecular complexity index is 489. The van der Waals surface area contributed by atoms with Gasteiger partial charge in [-0.3, -0.25) is 0 Å². The van der Waals surface area contributed by atoms with Crippen LogP contribution in [0.5, 0.6) is 0 Å². The summed E-state index contributed by atoms with van der Waals surface area (Å²) in [6.07, 6.45) is -5.16. The topological polar surface area (TPSA) is 36.4 Å². The number of halogens is 5. The lowest BCUT2D eigenvalue weighted by Gasteiger charge is -2.12. The normalized spacial score (nSPS) is 12.4. The molecule has 3 nitrogen and oxygen atoms in total. The molecule has 1 aromatic carbocycles. The van der Waals surface area contributed by atoms with Gasteiger partial charge in [-0.25, -0.2) is 9.38 Å². The Labute approximate surface area is 129 Å². The lowest BCUT2D eigenvalue weighted by Crippen LogP contribution is -2.38. The van der Waals surface area contributed by atoms with Crippen molar-refractivity contribution in [3.63, 3.8) is 0 Å². The summed E-state index contributed by atoms with van der Waals surface area (Å²) in [6, 6.07) is 4.20. The molecule has 118 valence electrons. The Balaban J connectivity index is 2.64. The van der Waals surface area contributed by atoms with Crippen LogP contribution >= 0.6 is 15.9 Å². The van der Waals surface area contributed by atoms with E-state index in [1.165, 1.54) is 12.1 Å². The van der Waals surface area contributed by atoms with E-state index in [4.69, 9.17) is 0 Å². The van der Waals surface area contributed by atoms with Crippen molar-refractivity contribution in [3.8, 4) is 0 Å². The Kier molecular flexibility index (Phi) is 6.94. The molecule has 2 N–H and O–H groups in total. The maximum absolute atomic E-state index is 13.1. The van der Waals surface area contributed by atoms with Crippen LogP contribution in [0, 0.1) is 5.82 Å². The van der Waals surface area contributed by atoms with Crippen LogP contribution in [0.15, 0.2) is 27.7 Å². The number of guanidine groups is 1. The van der Waals surface area contributed by atoms with Gasteiger partial charge in [0.1, 0.15) is 5.82 Å². The van der Waals surface area contributed by atoms with Gasteiger partial charge in [0, 0.05) is 17.6 Å². The van der Waals surface area contributed by atoms with Crippen LogP contribution in [0.25, 0.3) is 0 Å².